The van der Waals surface area contributed by atoms with E-state index >= 15 is 0 Å². The number of halogens is 4. The molecule has 90 valence electrons. The van der Waals surface area contributed by atoms with Crippen LogP contribution in [-0.2, 0) is 6.18 Å². The van der Waals surface area contributed by atoms with Crippen LogP contribution < -0.4 is 5.73 Å². The van der Waals surface area contributed by atoms with Crippen molar-refractivity contribution in [1.29, 1.82) is 0 Å². The topological polar surface area (TPSA) is 43.8 Å². The number of aromatic nitrogens is 2. The van der Waals surface area contributed by atoms with E-state index in [1.807, 2.05) is 0 Å². The molecule has 0 atom stereocenters. The van der Waals surface area contributed by atoms with Crippen LogP contribution in [0.1, 0.15) is 5.56 Å². The van der Waals surface area contributed by atoms with Crippen molar-refractivity contribution >= 4 is 17.4 Å². The maximum atomic E-state index is 12.7. The molecular weight excluding hydrogens is 255 g/mol. The van der Waals surface area contributed by atoms with Crippen LogP contribution in [0.2, 0.25) is 5.02 Å². The second kappa shape index (κ2) is 3.96. The number of hydrogen-bond acceptors (Lipinski definition) is 2. The molecular formula is C10H7ClF3N3. The second-order valence-corrected chi connectivity index (χ2v) is 3.73. The smallest absolute Gasteiger partial charge is 0.381 e. The molecule has 0 saturated heterocycles. The molecule has 0 saturated carbocycles. The van der Waals surface area contributed by atoms with E-state index in [-0.39, 0.29) is 16.5 Å². The van der Waals surface area contributed by atoms with Gasteiger partial charge in [-0.1, -0.05) is 23.7 Å². The minimum atomic E-state index is -4.45. The summed E-state index contributed by atoms with van der Waals surface area (Å²) in [7, 11) is 0. The molecule has 2 N–H and O–H groups in total. The Morgan fingerprint density at radius 2 is 1.88 bits per heavy atom. The number of para-hydroxylation sites is 1. The SMILES string of the molecule is Nc1nn(-c2ccccc2C(F)(F)F)cc1Cl. The summed E-state index contributed by atoms with van der Waals surface area (Å²) < 4.78 is 39.2. The number of nitrogen functional groups attached to an aromatic ring is 1. The van der Waals surface area contributed by atoms with E-state index in [0.29, 0.717) is 0 Å². The highest BCUT2D eigenvalue weighted by Crippen LogP contribution is 2.34. The van der Waals surface area contributed by atoms with Crippen molar-refractivity contribution in [2.75, 3.05) is 5.73 Å². The first kappa shape index (κ1) is 11.8. The number of benzene rings is 1. The van der Waals surface area contributed by atoms with Crippen molar-refractivity contribution in [2.45, 2.75) is 6.18 Å². The molecule has 0 unspecified atom stereocenters. The highest BCUT2D eigenvalue weighted by atomic mass is 35.5. The molecule has 0 bridgehead atoms. The molecule has 3 nitrogen and oxygen atoms in total. The molecule has 1 aromatic heterocycles. The van der Waals surface area contributed by atoms with Gasteiger partial charge >= 0.3 is 6.18 Å². The van der Waals surface area contributed by atoms with Crippen molar-refractivity contribution in [3.8, 4) is 5.69 Å². The lowest BCUT2D eigenvalue weighted by atomic mass is 10.2. The summed E-state index contributed by atoms with van der Waals surface area (Å²) in [5, 5.41) is 3.83. The normalized spacial score (nSPS) is 11.8. The third-order valence-electron chi connectivity index (χ3n) is 2.15. The Bertz CT molecular complexity index is 528. The van der Waals surface area contributed by atoms with Gasteiger partial charge in [0.25, 0.3) is 0 Å². The van der Waals surface area contributed by atoms with E-state index in [4.69, 9.17) is 17.3 Å². The van der Waals surface area contributed by atoms with Crippen molar-refractivity contribution in [2.24, 2.45) is 0 Å². The van der Waals surface area contributed by atoms with Gasteiger partial charge in [0, 0.05) is 0 Å². The Kier molecular flexibility index (Phi) is 2.74. The van der Waals surface area contributed by atoms with E-state index in [1.54, 1.807) is 0 Å². The van der Waals surface area contributed by atoms with Crippen LogP contribution in [0.15, 0.2) is 30.5 Å². The predicted molar refractivity (Wildman–Crippen MR) is 58.0 cm³/mol. The predicted octanol–water partition coefficient (Wildman–Crippen LogP) is 3.13. The summed E-state index contributed by atoms with van der Waals surface area (Å²) in [5.41, 5.74) is 4.49. The van der Waals surface area contributed by atoms with Crippen LogP contribution in [0.3, 0.4) is 0 Å². The number of hydrogen-bond donors (Lipinski definition) is 1. The summed E-state index contributed by atoms with van der Waals surface area (Å²) in [6.07, 6.45) is -3.22. The largest absolute Gasteiger partial charge is 0.418 e. The average molecular weight is 262 g/mol. The quantitative estimate of drug-likeness (QED) is 0.857. The van der Waals surface area contributed by atoms with E-state index < -0.39 is 11.7 Å². The average Bonchev–Trinajstić information content (AvgIpc) is 2.58. The first-order valence-electron chi connectivity index (χ1n) is 4.57. The molecule has 0 amide bonds. The van der Waals surface area contributed by atoms with Gasteiger partial charge in [0.1, 0.15) is 5.02 Å². The van der Waals surface area contributed by atoms with Crippen LogP contribution >= 0.6 is 11.6 Å². The van der Waals surface area contributed by atoms with E-state index in [1.165, 1.54) is 24.4 Å². The summed E-state index contributed by atoms with van der Waals surface area (Å²) in [6.45, 7) is 0. The fourth-order valence-electron chi connectivity index (χ4n) is 1.40. The number of rotatable bonds is 1. The molecule has 2 aromatic rings. The van der Waals surface area contributed by atoms with Crippen molar-refractivity contribution in [3.63, 3.8) is 0 Å². The fourth-order valence-corrected chi connectivity index (χ4v) is 1.53. The lowest BCUT2D eigenvalue weighted by Crippen LogP contribution is -2.11. The van der Waals surface area contributed by atoms with Crippen LogP contribution in [0.5, 0.6) is 0 Å². The monoisotopic (exact) mass is 261 g/mol. The van der Waals surface area contributed by atoms with Crippen molar-refractivity contribution < 1.29 is 13.2 Å². The van der Waals surface area contributed by atoms with Crippen molar-refractivity contribution in [3.05, 3.63) is 41.0 Å². The Labute approximate surface area is 99.6 Å². The molecule has 1 aromatic carbocycles. The van der Waals surface area contributed by atoms with Gasteiger partial charge in [-0.15, -0.1) is 5.10 Å². The first-order chi connectivity index (χ1) is 7.89. The lowest BCUT2D eigenvalue weighted by molar-refractivity contribution is -0.137. The maximum absolute atomic E-state index is 12.7. The molecule has 0 aliphatic carbocycles. The van der Waals surface area contributed by atoms with Gasteiger partial charge < -0.3 is 5.73 Å². The third kappa shape index (κ3) is 2.21. The van der Waals surface area contributed by atoms with Crippen molar-refractivity contribution in [1.82, 2.24) is 9.78 Å². The van der Waals surface area contributed by atoms with Crippen LogP contribution in [0.4, 0.5) is 19.0 Å². The zero-order valence-corrected chi connectivity index (χ0v) is 9.13. The van der Waals surface area contributed by atoms with Gasteiger partial charge in [-0.05, 0) is 12.1 Å². The standard InChI is InChI=1S/C10H7ClF3N3/c11-7-5-17(16-9(7)15)8-4-2-1-3-6(8)10(12,13)14/h1-5H,(H2,15,16). The fraction of sp³-hybridized carbons (Fsp3) is 0.100. The minimum Gasteiger partial charge on any atom is -0.381 e. The second-order valence-electron chi connectivity index (χ2n) is 3.32. The highest BCUT2D eigenvalue weighted by Gasteiger charge is 2.33. The van der Waals surface area contributed by atoms with Gasteiger partial charge in [0.15, 0.2) is 5.82 Å². The number of nitrogens with zero attached hydrogens (tertiary/aromatic N) is 2. The molecule has 1 heterocycles. The zero-order chi connectivity index (χ0) is 12.6. The van der Waals surface area contributed by atoms with Gasteiger partial charge in [-0.3, -0.25) is 0 Å². The maximum Gasteiger partial charge on any atom is 0.418 e. The number of nitrogens with two attached hydrogens (primary N) is 1. The molecule has 17 heavy (non-hydrogen) atoms. The Morgan fingerprint density at radius 1 is 1.24 bits per heavy atom. The van der Waals surface area contributed by atoms with Gasteiger partial charge in [0.05, 0.1) is 17.4 Å². The lowest BCUT2D eigenvalue weighted by Gasteiger charge is -2.11. The Balaban J connectivity index is 2.60. The highest BCUT2D eigenvalue weighted by molar-refractivity contribution is 6.32. The third-order valence-corrected chi connectivity index (χ3v) is 2.44. The minimum absolute atomic E-state index is 0.0105. The van der Waals surface area contributed by atoms with E-state index in [2.05, 4.69) is 5.10 Å². The van der Waals surface area contributed by atoms with Gasteiger partial charge in [0.2, 0.25) is 0 Å². The summed E-state index contributed by atoms with van der Waals surface area (Å²) in [5.74, 6) is -0.0105. The first-order valence-corrected chi connectivity index (χ1v) is 4.94. The number of anilines is 1. The molecule has 0 radical (unpaired) electrons. The van der Waals surface area contributed by atoms with E-state index in [0.717, 1.165) is 10.7 Å². The van der Waals surface area contributed by atoms with E-state index in [9.17, 15) is 13.2 Å². The number of alkyl halides is 3. The molecule has 7 heteroatoms. The van der Waals surface area contributed by atoms with Gasteiger partial charge in [-0.2, -0.15) is 13.2 Å². The molecule has 2 rings (SSSR count). The van der Waals surface area contributed by atoms with Gasteiger partial charge in [-0.25, -0.2) is 4.68 Å². The summed E-state index contributed by atoms with van der Waals surface area (Å²) >= 11 is 5.66. The molecule has 0 aliphatic heterocycles. The summed E-state index contributed by atoms with van der Waals surface area (Å²) in [6, 6.07) is 5.06. The Morgan fingerprint density at radius 3 is 2.41 bits per heavy atom. The molecule has 0 fully saturated rings. The van der Waals surface area contributed by atoms with Crippen LogP contribution in [-0.4, -0.2) is 9.78 Å². The zero-order valence-electron chi connectivity index (χ0n) is 8.37. The Hall–Kier alpha value is -1.69. The summed E-state index contributed by atoms with van der Waals surface area (Å²) in [4.78, 5) is 0. The van der Waals surface area contributed by atoms with Crippen LogP contribution in [0.25, 0.3) is 5.69 Å². The molecule has 0 aliphatic rings. The van der Waals surface area contributed by atoms with Crippen LogP contribution in [0, 0.1) is 0 Å². The molecule has 0 spiro atoms.